The SMILES string of the molecule is CCCCC/C=C/CC/C=C/CC/C=C/C(O)C(CO)NC(=O)CCCCCCC/C=C\C/C=C\CCCCCC. The molecular formula is C37H65NO3. The minimum atomic E-state index is -0.875. The maximum absolute atomic E-state index is 12.3. The molecule has 3 N–H and O–H groups in total. The van der Waals surface area contributed by atoms with Gasteiger partial charge in [-0.15, -0.1) is 0 Å². The molecule has 2 unspecified atom stereocenters. The Balaban J connectivity index is 3.78. The zero-order valence-electron chi connectivity index (χ0n) is 26.8. The van der Waals surface area contributed by atoms with Gasteiger partial charge in [0.05, 0.1) is 18.8 Å². The van der Waals surface area contributed by atoms with E-state index in [2.05, 4.69) is 67.8 Å². The molecule has 4 heteroatoms. The van der Waals surface area contributed by atoms with Gasteiger partial charge >= 0.3 is 0 Å². The third kappa shape index (κ3) is 29.4. The average Bonchev–Trinajstić information content (AvgIpc) is 2.97. The predicted octanol–water partition coefficient (Wildman–Crippen LogP) is 9.84. The van der Waals surface area contributed by atoms with Crippen LogP contribution in [0, 0.1) is 0 Å². The number of aliphatic hydroxyl groups is 2. The summed E-state index contributed by atoms with van der Waals surface area (Å²) in [5, 5.41) is 22.8. The van der Waals surface area contributed by atoms with E-state index >= 15 is 0 Å². The number of unbranched alkanes of at least 4 members (excludes halogenated alkanes) is 14. The molecule has 1 amide bonds. The normalized spacial score (nSPS) is 14.0. The van der Waals surface area contributed by atoms with E-state index < -0.39 is 12.1 Å². The minimum Gasteiger partial charge on any atom is -0.394 e. The molecule has 0 bridgehead atoms. The molecule has 0 spiro atoms. The highest BCUT2D eigenvalue weighted by atomic mass is 16.3. The highest BCUT2D eigenvalue weighted by Crippen LogP contribution is 2.09. The summed E-state index contributed by atoms with van der Waals surface area (Å²) in [6.45, 7) is 4.21. The molecule has 4 nitrogen and oxygen atoms in total. The van der Waals surface area contributed by atoms with Crippen LogP contribution in [0.4, 0.5) is 0 Å². The van der Waals surface area contributed by atoms with Crippen molar-refractivity contribution in [3.63, 3.8) is 0 Å². The molecule has 0 saturated heterocycles. The first-order chi connectivity index (χ1) is 20.2. The Morgan fingerprint density at radius 2 is 1.02 bits per heavy atom. The first-order valence-electron chi connectivity index (χ1n) is 17.0. The summed E-state index contributed by atoms with van der Waals surface area (Å²) in [7, 11) is 0. The largest absolute Gasteiger partial charge is 0.394 e. The van der Waals surface area contributed by atoms with Crippen molar-refractivity contribution in [2.75, 3.05) is 6.61 Å². The third-order valence-corrected chi connectivity index (χ3v) is 7.20. The zero-order valence-corrected chi connectivity index (χ0v) is 26.8. The van der Waals surface area contributed by atoms with Gasteiger partial charge in [-0.25, -0.2) is 0 Å². The summed E-state index contributed by atoms with van der Waals surface area (Å²) in [5.41, 5.74) is 0. The molecule has 0 aliphatic rings. The molecule has 236 valence electrons. The number of rotatable bonds is 29. The summed E-state index contributed by atoms with van der Waals surface area (Å²) < 4.78 is 0. The van der Waals surface area contributed by atoms with E-state index in [4.69, 9.17) is 0 Å². The number of hydrogen-bond donors (Lipinski definition) is 3. The van der Waals surface area contributed by atoms with Crippen LogP contribution in [-0.4, -0.2) is 34.9 Å². The van der Waals surface area contributed by atoms with Crippen LogP contribution in [0.5, 0.6) is 0 Å². The van der Waals surface area contributed by atoms with Gasteiger partial charge in [-0.1, -0.05) is 126 Å². The van der Waals surface area contributed by atoms with Gasteiger partial charge in [-0.3, -0.25) is 4.79 Å². The van der Waals surface area contributed by atoms with Crippen molar-refractivity contribution in [1.82, 2.24) is 5.32 Å². The van der Waals surface area contributed by atoms with E-state index in [9.17, 15) is 15.0 Å². The first kappa shape index (κ1) is 39.1. The summed E-state index contributed by atoms with van der Waals surface area (Å²) in [6.07, 6.45) is 44.3. The van der Waals surface area contributed by atoms with E-state index in [0.717, 1.165) is 57.8 Å². The Bertz CT molecular complexity index is 707. The maximum atomic E-state index is 12.3. The van der Waals surface area contributed by atoms with Crippen molar-refractivity contribution in [2.24, 2.45) is 0 Å². The molecule has 0 rings (SSSR count). The van der Waals surface area contributed by atoms with Crippen molar-refractivity contribution in [3.05, 3.63) is 60.8 Å². The lowest BCUT2D eigenvalue weighted by molar-refractivity contribution is -0.123. The lowest BCUT2D eigenvalue weighted by atomic mass is 10.1. The Hall–Kier alpha value is -1.91. The van der Waals surface area contributed by atoms with E-state index in [1.807, 2.05) is 6.08 Å². The van der Waals surface area contributed by atoms with Crippen LogP contribution < -0.4 is 5.32 Å². The van der Waals surface area contributed by atoms with Gasteiger partial charge in [-0.2, -0.15) is 0 Å². The molecule has 0 aliphatic carbocycles. The molecule has 0 aromatic heterocycles. The van der Waals surface area contributed by atoms with Crippen LogP contribution in [0.2, 0.25) is 0 Å². The van der Waals surface area contributed by atoms with Crippen LogP contribution in [0.1, 0.15) is 149 Å². The Morgan fingerprint density at radius 3 is 1.61 bits per heavy atom. The Labute approximate surface area is 254 Å². The molecule has 0 fully saturated rings. The Kier molecular flexibility index (Phi) is 31.1. The lowest BCUT2D eigenvalue weighted by Crippen LogP contribution is -2.45. The second-order valence-corrected chi connectivity index (χ2v) is 11.2. The van der Waals surface area contributed by atoms with Crippen molar-refractivity contribution in [2.45, 2.75) is 161 Å². The van der Waals surface area contributed by atoms with Crippen LogP contribution in [-0.2, 0) is 4.79 Å². The molecule has 0 aromatic rings. The van der Waals surface area contributed by atoms with E-state index in [1.54, 1.807) is 6.08 Å². The molecule has 0 aromatic carbocycles. The first-order valence-corrected chi connectivity index (χ1v) is 17.0. The Morgan fingerprint density at radius 1 is 0.585 bits per heavy atom. The second-order valence-electron chi connectivity index (χ2n) is 11.2. The van der Waals surface area contributed by atoms with Crippen molar-refractivity contribution < 1.29 is 15.0 Å². The smallest absolute Gasteiger partial charge is 0.220 e. The molecule has 0 aliphatic heterocycles. The number of amides is 1. The van der Waals surface area contributed by atoms with Gasteiger partial charge in [0.15, 0.2) is 0 Å². The molecule has 0 saturated carbocycles. The van der Waals surface area contributed by atoms with Crippen LogP contribution >= 0.6 is 0 Å². The number of carbonyl (C=O) groups is 1. The molecular weight excluding hydrogens is 506 g/mol. The van der Waals surface area contributed by atoms with Gasteiger partial charge in [0.1, 0.15) is 0 Å². The van der Waals surface area contributed by atoms with Crippen LogP contribution in [0.15, 0.2) is 60.8 Å². The van der Waals surface area contributed by atoms with E-state index in [0.29, 0.717) is 6.42 Å². The van der Waals surface area contributed by atoms with E-state index in [-0.39, 0.29) is 12.5 Å². The summed E-state index contributed by atoms with van der Waals surface area (Å²) in [6, 6.07) is -0.652. The number of hydrogen-bond acceptors (Lipinski definition) is 3. The molecule has 0 heterocycles. The maximum Gasteiger partial charge on any atom is 0.220 e. The fourth-order valence-corrected chi connectivity index (χ4v) is 4.53. The van der Waals surface area contributed by atoms with Crippen molar-refractivity contribution in [3.8, 4) is 0 Å². The van der Waals surface area contributed by atoms with E-state index in [1.165, 1.54) is 70.6 Å². The fourth-order valence-electron chi connectivity index (χ4n) is 4.53. The summed E-state index contributed by atoms with van der Waals surface area (Å²) >= 11 is 0. The number of nitrogens with one attached hydrogen (secondary N) is 1. The number of aliphatic hydroxyl groups excluding tert-OH is 2. The highest BCUT2D eigenvalue weighted by molar-refractivity contribution is 5.76. The summed E-state index contributed by atoms with van der Waals surface area (Å²) in [5.74, 6) is -0.0970. The van der Waals surface area contributed by atoms with Gasteiger partial charge in [0.2, 0.25) is 5.91 Å². The number of allylic oxidation sites excluding steroid dienone is 9. The van der Waals surface area contributed by atoms with Crippen LogP contribution in [0.3, 0.4) is 0 Å². The van der Waals surface area contributed by atoms with Crippen molar-refractivity contribution in [1.29, 1.82) is 0 Å². The third-order valence-electron chi connectivity index (χ3n) is 7.20. The molecule has 2 atom stereocenters. The minimum absolute atomic E-state index is 0.0970. The lowest BCUT2D eigenvalue weighted by Gasteiger charge is -2.19. The number of carbonyl (C=O) groups excluding carboxylic acids is 1. The predicted molar refractivity (Wildman–Crippen MR) is 179 cm³/mol. The average molecular weight is 572 g/mol. The quantitative estimate of drug-likeness (QED) is 0.0618. The van der Waals surface area contributed by atoms with Gasteiger partial charge in [-0.05, 0) is 77.0 Å². The molecule has 0 radical (unpaired) electrons. The molecule has 41 heavy (non-hydrogen) atoms. The monoisotopic (exact) mass is 571 g/mol. The standard InChI is InChI=1S/C37H65NO3/c1-3-5-7-9-11-13-15-17-18-19-21-23-25-27-29-31-33-37(41)38-35(34-39)36(40)32-30-28-26-24-22-20-16-14-12-10-8-6-4-2/h12-15,18-19,22,24,30,32,35-36,39-40H,3-11,16-17,20-21,23,25-29,31,33-34H2,1-2H3,(H,38,41)/b14-12+,15-13-,19-18-,24-22+,32-30+. The topological polar surface area (TPSA) is 69.6 Å². The van der Waals surface area contributed by atoms with Gasteiger partial charge < -0.3 is 15.5 Å². The fraction of sp³-hybridized carbons (Fsp3) is 0.703. The second kappa shape index (κ2) is 32.6. The van der Waals surface area contributed by atoms with Crippen LogP contribution in [0.25, 0.3) is 0 Å². The summed E-state index contributed by atoms with van der Waals surface area (Å²) in [4.78, 5) is 12.3. The highest BCUT2D eigenvalue weighted by Gasteiger charge is 2.17. The van der Waals surface area contributed by atoms with Gasteiger partial charge in [0.25, 0.3) is 0 Å². The van der Waals surface area contributed by atoms with Gasteiger partial charge in [0, 0.05) is 6.42 Å². The van der Waals surface area contributed by atoms with Crippen molar-refractivity contribution >= 4 is 5.91 Å². The zero-order chi connectivity index (χ0) is 30.1.